The van der Waals surface area contributed by atoms with Gasteiger partial charge in [0.1, 0.15) is 5.65 Å². The largest absolute Gasteiger partial charge is 0.399 e. The summed E-state index contributed by atoms with van der Waals surface area (Å²) in [6, 6.07) is 19.1. The molecule has 0 aliphatic carbocycles. The normalized spacial score (nSPS) is 15.6. The van der Waals surface area contributed by atoms with Gasteiger partial charge in [-0.05, 0) is 41.9 Å². The van der Waals surface area contributed by atoms with Gasteiger partial charge in [-0.3, -0.25) is 4.90 Å². The van der Waals surface area contributed by atoms with Crippen molar-refractivity contribution in [1.82, 2.24) is 19.8 Å². The first-order valence-electron chi connectivity index (χ1n) is 10.5. The minimum atomic E-state index is 0.766. The molecule has 4 aromatic rings. The zero-order chi connectivity index (χ0) is 20.5. The second-order valence-corrected chi connectivity index (χ2v) is 8.22. The third-order valence-corrected chi connectivity index (χ3v) is 6.02. The van der Waals surface area contributed by atoms with Crippen LogP contribution >= 0.6 is 0 Å². The lowest BCUT2D eigenvalue weighted by atomic mass is 10.0. The summed E-state index contributed by atoms with van der Waals surface area (Å²) in [5, 5.41) is 1.11. The van der Waals surface area contributed by atoms with Crippen LogP contribution in [0.4, 0.5) is 5.69 Å². The summed E-state index contributed by atoms with van der Waals surface area (Å²) in [4.78, 5) is 12.8. The zero-order valence-corrected chi connectivity index (χ0v) is 17.3. The van der Waals surface area contributed by atoms with Gasteiger partial charge in [-0.15, -0.1) is 0 Å². The first-order chi connectivity index (χ1) is 14.7. The number of hydrogen-bond donors (Lipinski definition) is 2. The van der Waals surface area contributed by atoms with Crippen LogP contribution in [0.25, 0.3) is 33.3 Å². The molecular weight excluding hydrogens is 370 g/mol. The van der Waals surface area contributed by atoms with Gasteiger partial charge in [0, 0.05) is 67.3 Å². The second-order valence-electron chi connectivity index (χ2n) is 8.22. The van der Waals surface area contributed by atoms with Gasteiger partial charge in [0.25, 0.3) is 0 Å². The average molecular weight is 398 g/mol. The van der Waals surface area contributed by atoms with Crippen LogP contribution in [0.3, 0.4) is 0 Å². The van der Waals surface area contributed by atoms with E-state index in [4.69, 9.17) is 5.73 Å². The number of pyridine rings is 1. The number of nitrogen functional groups attached to an aromatic ring is 1. The summed E-state index contributed by atoms with van der Waals surface area (Å²) in [6.45, 7) is 5.59. The Bertz CT molecular complexity index is 1150. The fourth-order valence-corrected chi connectivity index (χ4v) is 4.17. The van der Waals surface area contributed by atoms with Crippen molar-refractivity contribution in [3.63, 3.8) is 0 Å². The highest BCUT2D eigenvalue weighted by Crippen LogP contribution is 2.31. The molecule has 1 fully saturated rings. The van der Waals surface area contributed by atoms with Gasteiger partial charge in [-0.2, -0.15) is 0 Å². The molecule has 152 valence electrons. The van der Waals surface area contributed by atoms with Crippen LogP contribution in [0, 0.1) is 0 Å². The lowest BCUT2D eigenvalue weighted by Crippen LogP contribution is -2.43. The number of hydrogen-bond acceptors (Lipinski definition) is 4. The van der Waals surface area contributed by atoms with Crippen LogP contribution < -0.4 is 5.73 Å². The number of aromatic nitrogens is 2. The van der Waals surface area contributed by atoms with Crippen molar-refractivity contribution >= 4 is 16.7 Å². The Labute approximate surface area is 177 Å². The molecule has 0 radical (unpaired) electrons. The Morgan fingerprint density at radius 2 is 1.73 bits per heavy atom. The van der Waals surface area contributed by atoms with Crippen molar-refractivity contribution in [3.8, 4) is 22.3 Å². The topological polar surface area (TPSA) is 61.2 Å². The molecule has 3 N–H and O–H groups in total. The fraction of sp³-hybridized carbons (Fsp3) is 0.240. The van der Waals surface area contributed by atoms with Gasteiger partial charge >= 0.3 is 0 Å². The molecule has 0 unspecified atom stereocenters. The molecule has 3 heterocycles. The first-order valence-corrected chi connectivity index (χ1v) is 10.5. The van der Waals surface area contributed by atoms with E-state index in [1.54, 1.807) is 0 Å². The Balaban J connectivity index is 1.40. The van der Waals surface area contributed by atoms with E-state index in [1.165, 1.54) is 11.1 Å². The standard InChI is InChI=1S/C25H27N5/c1-29-9-11-30(12-10-29)17-18-5-7-19(8-6-18)21-14-23-24(16-28-25(23)27-15-21)20-3-2-4-22(26)13-20/h2-8,13-16H,9-12,17,26H2,1H3,(H,27,28). The summed E-state index contributed by atoms with van der Waals surface area (Å²) in [5.74, 6) is 0. The maximum atomic E-state index is 5.99. The number of rotatable bonds is 4. The molecule has 5 nitrogen and oxygen atoms in total. The molecule has 1 aliphatic heterocycles. The number of aromatic amines is 1. The predicted molar refractivity (Wildman–Crippen MR) is 124 cm³/mol. The molecule has 0 spiro atoms. The molecule has 2 aromatic carbocycles. The number of H-pyrrole nitrogens is 1. The van der Waals surface area contributed by atoms with Gasteiger partial charge in [0.05, 0.1) is 0 Å². The average Bonchev–Trinajstić information content (AvgIpc) is 3.19. The summed E-state index contributed by atoms with van der Waals surface area (Å²) < 4.78 is 0. The second kappa shape index (κ2) is 7.94. The SMILES string of the molecule is CN1CCN(Cc2ccc(-c3cnc4[nH]cc(-c5cccc(N)c5)c4c3)cc2)CC1. The molecule has 30 heavy (non-hydrogen) atoms. The molecule has 0 bridgehead atoms. The lowest BCUT2D eigenvalue weighted by molar-refractivity contribution is 0.148. The van der Waals surface area contributed by atoms with E-state index >= 15 is 0 Å². The number of nitrogens with zero attached hydrogens (tertiary/aromatic N) is 3. The van der Waals surface area contributed by atoms with E-state index in [0.29, 0.717) is 0 Å². The highest BCUT2D eigenvalue weighted by Gasteiger charge is 2.14. The van der Waals surface area contributed by atoms with Gasteiger partial charge in [0.2, 0.25) is 0 Å². The quantitative estimate of drug-likeness (QED) is 0.506. The molecule has 0 amide bonds. The maximum Gasteiger partial charge on any atom is 0.137 e. The molecule has 1 saturated heterocycles. The van der Waals surface area contributed by atoms with Gasteiger partial charge in [0.15, 0.2) is 0 Å². The molecule has 0 saturated carbocycles. The van der Waals surface area contributed by atoms with E-state index in [0.717, 1.165) is 66.1 Å². The van der Waals surface area contributed by atoms with Crippen LogP contribution in [0.15, 0.2) is 67.0 Å². The lowest BCUT2D eigenvalue weighted by Gasteiger charge is -2.32. The van der Waals surface area contributed by atoms with Crippen molar-refractivity contribution < 1.29 is 0 Å². The van der Waals surface area contributed by atoms with Gasteiger partial charge in [-0.25, -0.2) is 4.98 Å². The molecular formula is C25H27N5. The number of piperazine rings is 1. The molecule has 5 rings (SSSR count). The minimum absolute atomic E-state index is 0.766. The van der Waals surface area contributed by atoms with Crippen molar-refractivity contribution in [2.24, 2.45) is 0 Å². The van der Waals surface area contributed by atoms with E-state index in [9.17, 15) is 0 Å². The van der Waals surface area contributed by atoms with Crippen LogP contribution in [0.5, 0.6) is 0 Å². The zero-order valence-electron chi connectivity index (χ0n) is 17.3. The Morgan fingerprint density at radius 3 is 2.50 bits per heavy atom. The van der Waals surface area contributed by atoms with Crippen molar-refractivity contribution in [2.75, 3.05) is 39.0 Å². The molecule has 5 heteroatoms. The number of benzene rings is 2. The van der Waals surface area contributed by atoms with Gasteiger partial charge in [-0.1, -0.05) is 36.4 Å². The smallest absolute Gasteiger partial charge is 0.137 e. The van der Waals surface area contributed by atoms with E-state index < -0.39 is 0 Å². The Kier molecular flexibility index (Phi) is 4.99. The van der Waals surface area contributed by atoms with Crippen LogP contribution in [-0.2, 0) is 6.54 Å². The number of likely N-dealkylation sites (N-methyl/N-ethyl adjacent to an activating group) is 1. The van der Waals surface area contributed by atoms with E-state index in [2.05, 4.69) is 63.2 Å². The highest BCUT2D eigenvalue weighted by molar-refractivity contribution is 5.96. The summed E-state index contributed by atoms with van der Waals surface area (Å²) >= 11 is 0. The number of nitrogens with two attached hydrogens (primary N) is 1. The molecule has 1 aliphatic rings. The highest BCUT2D eigenvalue weighted by atomic mass is 15.2. The van der Waals surface area contributed by atoms with E-state index in [-0.39, 0.29) is 0 Å². The van der Waals surface area contributed by atoms with Crippen molar-refractivity contribution in [2.45, 2.75) is 6.54 Å². The summed E-state index contributed by atoms with van der Waals surface area (Å²) in [5.41, 5.74) is 13.5. The first kappa shape index (κ1) is 18.9. The Hall–Kier alpha value is -3.15. The Morgan fingerprint density at radius 1 is 0.933 bits per heavy atom. The monoisotopic (exact) mass is 397 g/mol. The van der Waals surface area contributed by atoms with Crippen LogP contribution in [0.1, 0.15) is 5.56 Å². The summed E-state index contributed by atoms with van der Waals surface area (Å²) in [7, 11) is 2.19. The van der Waals surface area contributed by atoms with Crippen molar-refractivity contribution in [3.05, 3.63) is 72.6 Å². The van der Waals surface area contributed by atoms with Crippen LogP contribution in [0.2, 0.25) is 0 Å². The third kappa shape index (κ3) is 3.82. The molecule has 0 atom stereocenters. The van der Waals surface area contributed by atoms with Crippen molar-refractivity contribution in [1.29, 1.82) is 0 Å². The minimum Gasteiger partial charge on any atom is -0.399 e. The fourth-order valence-electron chi connectivity index (χ4n) is 4.17. The number of fused-ring (bicyclic) bond motifs is 1. The van der Waals surface area contributed by atoms with Crippen LogP contribution in [-0.4, -0.2) is 53.0 Å². The predicted octanol–water partition coefficient (Wildman–Crippen LogP) is 4.23. The number of nitrogens with one attached hydrogen (secondary N) is 1. The van der Waals surface area contributed by atoms with Gasteiger partial charge < -0.3 is 15.6 Å². The number of anilines is 1. The summed E-state index contributed by atoms with van der Waals surface area (Å²) in [6.07, 6.45) is 3.95. The molecule has 2 aromatic heterocycles. The third-order valence-electron chi connectivity index (χ3n) is 6.02. The maximum absolute atomic E-state index is 5.99. The van der Waals surface area contributed by atoms with E-state index in [1.807, 2.05) is 30.6 Å².